The van der Waals surface area contributed by atoms with Gasteiger partial charge in [0.25, 0.3) is 0 Å². The van der Waals surface area contributed by atoms with E-state index in [1.807, 2.05) is 25.1 Å². The van der Waals surface area contributed by atoms with E-state index in [-0.39, 0.29) is 16.3 Å². The van der Waals surface area contributed by atoms with Crippen LogP contribution in [0.15, 0.2) is 61.2 Å². The van der Waals surface area contributed by atoms with Crippen LogP contribution < -0.4 is 15.5 Å². The number of unbranched alkanes of at least 4 members (excludes halogenated alkanes) is 1. The van der Waals surface area contributed by atoms with Crippen LogP contribution in [0.3, 0.4) is 0 Å². The van der Waals surface area contributed by atoms with Crippen molar-refractivity contribution in [2.75, 3.05) is 37.1 Å². The Morgan fingerprint density at radius 3 is 2.42 bits per heavy atom. The number of aromatic hydroxyl groups is 1. The summed E-state index contributed by atoms with van der Waals surface area (Å²) in [6.07, 6.45) is 9.20. The Morgan fingerprint density at radius 2 is 1.81 bits per heavy atom. The van der Waals surface area contributed by atoms with Gasteiger partial charge in [0, 0.05) is 55.9 Å². The number of benzene rings is 2. The van der Waals surface area contributed by atoms with E-state index in [9.17, 15) is 14.3 Å². The van der Waals surface area contributed by atoms with Crippen LogP contribution in [-0.4, -0.2) is 48.7 Å². The molecular formula is C27H31ClFN5O2. The van der Waals surface area contributed by atoms with Crippen LogP contribution in [0.4, 0.5) is 15.8 Å². The Labute approximate surface area is 216 Å². The van der Waals surface area contributed by atoms with Crippen molar-refractivity contribution in [3.8, 4) is 28.0 Å². The number of phenols is 1. The fraction of sp³-hybridized carbons (Fsp3) is 0.259. The van der Waals surface area contributed by atoms with E-state index in [0.29, 0.717) is 35.5 Å². The van der Waals surface area contributed by atoms with E-state index < -0.39 is 5.82 Å². The van der Waals surface area contributed by atoms with Crippen molar-refractivity contribution >= 4 is 29.4 Å². The summed E-state index contributed by atoms with van der Waals surface area (Å²) in [5.74, 6) is -0.625. The third kappa shape index (κ3) is 6.33. The molecule has 0 saturated carbocycles. The van der Waals surface area contributed by atoms with E-state index in [2.05, 4.69) is 11.9 Å². The molecule has 0 aliphatic carbocycles. The van der Waals surface area contributed by atoms with E-state index in [1.165, 1.54) is 17.0 Å². The molecule has 2 aromatic carbocycles. The molecule has 0 aliphatic heterocycles. The van der Waals surface area contributed by atoms with Crippen molar-refractivity contribution in [3.05, 3.63) is 72.0 Å². The number of carbonyl (C=O) groups excluding carboxylic acids is 1. The summed E-state index contributed by atoms with van der Waals surface area (Å²) in [4.78, 5) is 21.0. The first kappa shape index (κ1) is 27.0. The van der Waals surface area contributed by atoms with Crippen LogP contribution in [0.25, 0.3) is 22.3 Å². The van der Waals surface area contributed by atoms with Crippen LogP contribution in [0.5, 0.6) is 5.75 Å². The highest BCUT2D eigenvalue weighted by atomic mass is 35.5. The van der Waals surface area contributed by atoms with E-state index >= 15 is 0 Å². The highest BCUT2D eigenvalue weighted by molar-refractivity contribution is 6.34. The lowest BCUT2D eigenvalue weighted by molar-refractivity contribution is -0.106. The number of aromatic nitrogens is 1. The molecule has 0 atom stereocenters. The second kappa shape index (κ2) is 12.4. The number of hydrogen-bond donors (Lipinski definition) is 2. The first-order valence-corrected chi connectivity index (χ1v) is 12.0. The molecule has 0 radical (unpaired) electrons. The van der Waals surface area contributed by atoms with Crippen LogP contribution in [0, 0.1) is 5.82 Å². The normalized spacial score (nSPS) is 11.1. The summed E-state index contributed by atoms with van der Waals surface area (Å²) >= 11 is 6.48. The first-order chi connectivity index (χ1) is 17.3. The van der Waals surface area contributed by atoms with Crippen molar-refractivity contribution in [1.29, 1.82) is 0 Å². The Kier molecular flexibility index (Phi) is 9.27. The molecule has 3 aromatic rings. The summed E-state index contributed by atoms with van der Waals surface area (Å²) in [6.45, 7) is 3.19. The van der Waals surface area contributed by atoms with Gasteiger partial charge < -0.3 is 20.6 Å². The minimum absolute atomic E-state index is 0.105. The molecular weight excluding hydrogens is 481 g/mol. The van der Waals surface area contributed by atoms with E-state index in [0.717, 1.165) is 25.1 Å². The summed E-state index contributed by atoms with van der Waals surface area (Å²) in [6, 6.07) is 9.26. The maximum Gasteiger partial charge on any atom is 0.218 e. The third-order valence-corrected chi connectivity index (χ3v) is 5.96. The van der Waals surface area contributed by atoms with Gasteiger partial charge in [0.2, 0.25) is 6.41 Å². The smallest absolute Gasteiger partial charge is 0.218 e. The van der Waals surface area contributed by atoms with E-state index in [4.69, 9.17) is 17.3 Å². The molecule has 3 rings (SSSR count). The number of phenolic OH excluding ortho intramolecular Hbond substituents is 1. The molecule has 1 aromatic heterocycles. The molecule has 190 valence electrons. The summed E-state index contributed by atoms with van der Waals surface area (Å²) < 4.78 is 14.7. The van der Waals surface area contributed by atoms with Gasteiger partial charge in [-0.2, -0.15) is 0 Å². The fourth-order valence-electron chi connectivity index (χ4n) is 3.72. The van der Waals surface area contributed by atoms with Crippen molar-refractivity contribution < 1.29 is 14.3 Å². The largest absolute Gasteiger partial charge is 0.507 e. The van der Waals surface area contributed by atoms with Crippen LogP contribution in [-0.2, 0) is 4.79 Å². The standard InChI is InChI=1S/C27H31ClFN5O2/c1-4-5-8-33(17-30)22-11-20(15-31-16-22)24-14-21(29)13-23(27(24)36)19-6-7-26(25(28)12-19)34(18-35)10-9-32(2)3/h6-7,9-16,18,36H,4-5,8,17,30H2,1-3H3/b10-9-. The van der Waals surface area contributed by atoms with Gasteiger partial charge in [0.15, 0.2) is 0 Å². The van der Waals surface area contributed by atoms with Crippen LogP contribution in [0.1, 0.15) is 19.8 Å². The number of nitrogens with two attached hydrogens (primary N) is 1. The maximum absolute atomic E-state index is 14.7. The third-order valence-electron chi connectivity index (χ3n) is 5.65. The van der Waals surface area contributed by atoms with Crippen molar-refractivity contribution in [2.45, 2.75) is 19.8 Å². The first-order valence-electron chi connectivity index (χ1n) is 11.6. The highest BCUT2D eigenvalue weighted by Gasteiger charge is 2.17. The Balaban J connectivity index is 2.02. The van der Waals surface area contributed by atoms with Crippen molar-refractivity contribution in [3.63, 3.8) is 0 Å². The molecule has 7 nitrogen and oxygen atoms in total. The van der Waals surface area contributed by atoms with Gasteiger partial charge in [-0.25, -0.2) is 4.39 Å². The average molecular weight is 512 g/mol. The topological polar surface area (TPSA) is 85.9 Å². The molecule has 9 heteroatoms. The molecule has 1 heterocycles. The minimum Gasteiger partial charge on any atom is -0.507 e. The lowest BCUT2D eigenvalue weighted by Gasteiger charge is -2.23. The van der Waals surface area contributed by atoms with Crippen LogP contribution >= 0.6 is 11.6 Å². The number of rotatable bonds is 11. The number of anilines is 2. The Bertz CT molecular complexity index is 1230. The quantitative estimate of drug-likeness (QED) is 0.263. The molecule has 1 amide bonds. The Morgan fingerprint density at radius 1 is 1.08 bits per heavy atom. The minimum atomic E-state index is -0.520. The predicted molar refractivity (Wildman–Crippen MR) is 144 cm³/mol. The molecule has 36 heavy (non-hydrogen) atoms. The van der Waals surface area contributed by atoms with Gasteiger partial charge in [-0.3, -0.25) is 14.7 Å². The van der Waals surface area contributed by atoms with Crippen molar-refractivity contribution in [2.24, 2.45) is 5.73 Å². The zero-order valence-electron chi connectivity index (χ0n) is 20.7. The molecule has 0 unspecified atom stereocenters. The Hall–Kier alpha value is -3.62. The lowest BCUT2D eigenvalue weighted by Crippen LogP contribution is -2.30. The van der Waals surface area contributed by atoms with Gasteiger partial charge in [0.1, 0.15) is 11.6 Å². The second-order valence-electron chi connectivity index (χ2n) is 8.52. The summed E-state index contributed by atoms with van der Waals surface area (Å²) in [5, 5.41) is 11.4. The summed E-state index contributed by atoms with van der Waals surface area (Å²) in [7, 11) is 3.66. The molecule has 0 bridgehead atoms. The monoisotopic (exact) mass is 511 g/mol. The van der Waals surface area contributed by atoms with Gasteiger partial charge >= 0.3 is 0 Å². The zero-order chi connectivity index (χ0) is 26.2. The van der Waals surface area contributed by atoms with Gasteiger partial charge in [-0.1, -0.05) is 31.0 Å². The lowest BCUT2D eigenvalue weighted by atomic mass is 9.97. The molecule has 0 aliphatic rings. The predicted octanol–water partition coefficient (Wildman–Crippen LogP) is 5.43. The highest BCUT2D eigenvalue weighted by Crippen LogP contribution is 2.41. The number of carbonyl (C=O) groups is 1. The number of hydrogen-bond acceptors (Lipinski definition) is 6. The second-order valence-corrected chi connectivity index (χ2v) is 8.93. The number of amides is 1. The number of pyridine rings is 1. The summed E-state index contributed by atoms with van der Waals surface area (Å²) in [5.41, 5.74) is 8.80. The molecule has 3 N–H and O–H groups in total. The average Bonchev–Trinajstić information content (AvgIpc) is 2.86. The fourth-order valence-corrected chi connectivity index (χ4v) is 4.00. The number of nitrogens with zero attached hydrogens (tertiary/aromatic N) is 4. The van der Waals surface area contributed by atoms with Gasteiger partial charge in [0.05, 0.1) is 29.3 Å². The molecule has 0 saturated heterocycles. The SMILES string of the molecule is CCCCN(CN)c1cncc(-c2cc(F)cc(-c3ccc(N(C=O)/C=C\N(C)C)c(Cl)c3)c2O)c1. The molecule has 0 spiro atoms. The molecule has 0 fully saturated rings. The van der Waals surface area contributed by atoms with Crippen LogP contribution in [0.2, 0.25) is 5.02 Å². The van der Waals surface area contributed by atoms with Gasteiger partial charge in [-0.05, 0) is 42.3 Å². The zero-order valence-corrected chi connectivity index (χ0v) is 21.4. The van der Waals surface area contributed by atoms with E-state index in [1.54, 1.807) is 47.9 Å². The maximum atomic E-state index is 14.7. The van der Waals surface area contributed by atoms with Gasteiger partial charge in [-0.15, -0.1) is 0 Å². The van der Waals surface area contributed by atoms with Crippen molar-refractivity contribution in [1.82, 2.24) is 9.88 Å². The number of halogens is 2.